The van der Waals surface area contributed by atoms with Gasteiger partial charge in [0.15, 0.2) is 5.69 Å². The highest BCUT2D eigenvalue weighted by Crippen LogP contribution is 2.34. The van der Waals surface area contributed by atoms with Crippen molar-refractivity contribution in [2.45, 2.75) is 83.3 Å². The van der Waals surface area contributed by atoms with Gasteiger partial charge in [-0.15, -0.1) is 0 Å². The third-order valence-electron chi connectivity index (χ3n) is 7.05. The van der Waals surface area contributed by atoms with Crippen molar-refractivity contribution >= 4 is 23.5 Å². The maximum Gasteiger partial charge on any atom is 0.358 e. The molecule has 1 aliphatic heterocycles. The molecule has 182 valence electrons. The number of ether oxygens (including phenoxy) is 1. The standard InChI is InChI=1S/C26H34N4O4/c1-4-18-11-10-14-20(15-18)30-23(31)22-16-21(24(32)34-3)28-29(22)17-26(30,2)25(33)27-19-12-8-6-5-7-9-13-19/h10-11,14-16,19H,4-9,12-13,17H2,1-3H3,(H,27,33)/t26-/m0/s1. The number of methoxy groups -OCH3 is 1. The second kappa shape index (κ2) is 9.99. The molecule has 0 radical (unpaired) electrons. The zero-order valence-electron chi connectivity index (χ0n) is 20.3. The third kappa shape index (κ3) is 4.58. The Bertz CT molecular complexity index is 1070. The lowest BCUT2D eigenvalue weighted by Crippen LogP contribution is -2.65. The summed E-state index contributed by atoms with van der Waals surface area (Å²) in [5.74, 6) is -1.18. The summed E-state index contributed by atoms with van der Waals surface area (Å²) in [6.07, 6.45) is 8.50. The fourth-order valence-corrected chi connectivity index (χ4v) is 5.05. The minimum atomic E-state index is -1.21. The summed E-state index contributed by atoms with van der Waals surface area (Å²) in [6, 6.07) is 9.24. The monoisotopic (exact) mass is 466 g/mol. The number of nitrogens with zero attached hydrogens (tertiary/aromatic N) is 3. The number of esters is 1. The van der Waals surface area contributed by atoms with Gasteiger partial charge in [0.05, 0.1) is 13.7 Å². The first-order valence-electron chi connectivity index (χ1n) is 12.3. The highest BCUT2D eigenvalue weighted by molar-refractivity contribution is 6.12. The van der Waals surface area contributed by atoms with Gasteiger partial charge in [-0.2, -0.15) is 5.10 Å². The number of amides is 2. The van der Waals surface area contributed by atoms with Gasteiger partial charge in [0.1, 0.15) is 11.2 Å². The van der Waals surface area contributed by atoms with Crippen molar-refractivity contribution in [1.29, 1.82) is 0 Å². The van der Waals surface area contributed by atoms with E-state index >= 15 is 0 Å². The van der Waals surface area contributed by atoms with E-state index in [0.29, 0.717) is 5.69 Å². The van der Waals surface area contributed by atoms with Crippen LogP contribution in [0.15, 0.2) is 30.3 Å². The minimum absolute atomic E-state index is 0.0535. The van der Waals surface area contributed by atoms with Crippen LogP contribution < -0.4 is 10.2 Å². The molecule has 1 aliphatic carbocycles. The molecular formula is C26H34N4O4. The lowest BCUT2D eigenvalue weighted by Gasteiger charge is -2.44. The van der Waals surface area contributed by atoms with E-state index in [1.54, 1.807) is 11.8 Å². The summed E-state index contributed by atoms with van der Waals surface area (Å²) in [7, 11) is 1.28. The first-order chi connectivity index (χ1) is 16.4. The SMILES string of the molecule is CCc1cccc(N2C(=O)c3cc(C(=O)OC)nn3C[C@@]2(C)C(=O)NC2CCCCCCC2)c1. The number of rotatable bonds is 5. The van der Waals surface area contributed by atoms with Crippen molar-refractivity contribution < 1.29 is 19.1 Å². The Morgan fingerprint density at radius 2 is 1.85 bits per heavy atom. The van der Waals surface area contributed by atoms with Crippen LogP contribution in [0.3, 0.4) is 0 Å². The topological polar surface area (TPSA) is 93.5 Å². The second-order valence-electron chi connectivity index (χ2n) is 9.52. The normalized spacial score (nSPS) is 21.4. The molecule has 2 aliphatic rings. The largest absolute Gasteiger partial charge is 0.464 e. The number of carbonyl (C=O) groups is 3. The van der Waals surface area contributed by atoms with E-state index < -0.39 is 11.5 Å². The van der Waals surface area contributed by atoms with Crippen LogP contribution in [0.1, 0.15) is 85.3 Å². The zero-order valence-corrected chi connectivity index (χ0v) is 20.3. The highest BCUT2D eigenvalue weighted by atomic mass is 16.5. The van der Waals surface area contributed by atoms with Gasteiger partial charge in [-0.05, 0) is 43.9 Å². The molecule has 2 heterocycles. The molecule has 1 fully saturated rings. The van der Waals surface area contributed by atoms with E-state index in [-0.39, 0.29) is 35.8 Å². The number of aromatic nitrogens is 2. The Morgan fingerprint density at radius 3 is 2.53 bits per heavy atom. The van der Waals surface area contributed by atoms with Crippen molar-refractivity contribution in [3.8, 4) is 0 Å². The Balaban J connectivity index is 1.73. The quantitative estimate of drug-likeness (QED) is 0.675. The maximum absolute atomic E-state index is 13.8. The molecule has 2 amide bonds. The molecule has 8 nitrogen and oxygen atoms in total. The van der Waals surface area contributed by atoms with Crippen LogP contribution >= 0.6 is 0 Å². The van der Waals surface area contributed by atoms with Gasteiger partial charge in [0, 0.05) is 17.8 Å². The average Bonchev–Trinajstić information content (AvgIpc) is 3.24. The van der Waals surface area contributed by atoms with Crippen LogP contribution in [-0.4, -0.2) is 46.3 Å². The molecule has 1 aromatic carbocycles. The smallest absolute Gasteiger partial charge is 0.358 e. The van der Waals surface area contributed by atoms with Gasteiger partial charge >= 0.3 is 5.97 Å². The van der Waals surface area contributed by atoms with E-state index in [9.17, 15) is 14.4 Å². The van der Waals surface area contributed by atoms with E-state index in [1.165, 1.54) is 37.1 Å². The molecule has 4 rings (SSSR count). The molecule has 1 aromatic heterocycles. The summed E-state index contributed by atoms with van der Waals surface area (Å²) < 4.78 is 6.26. The van der Waals surface area contributed by atoms with Gasteiger partial charge in [-0.3, -0.25) is 19.2 Å². The summed E-state index contributed by atoms with van der Waals surface area (Å²) in [6.45, 7) is 3.97. The summed E-state index contributed by atoms with van der Waals surface area (Å²) in [4.78, 5) is 41.3. The summed E-state index contributed by atoms with van der Waals surface area (Å²) in [5, 5.41) is 7.55. The number of fused-ring (bicyclic) bond motifs is 1. The van der Waals surface area contributed by atoms with Crippen molar-refractivity contribution in [2.24, 2.45) is 0 Å². The van der Waals surface area contributed by atoms with Crippen LogP contribution in [0.25, 0.3) is 0 Å². The van der Waals surface area contributed by atoms with Gasteiger partial charge in [0.25, 0.3) is 5.91 Å². The van der Waals surface area contributed by atoms with Crippen molar-refractivity contribution in [3.05, 3.63) is 47.3 Å². The molecule has 8 heteroatoms. The van der Waals surface area contributed by atoms with Crippen molar-refractivity contribution in [2.75, 3.05) is 12.0 Å². The Hall–Kier alpha value is -3.16. The number of benzene rings is 1. The van der Waals surface area contributed by atoms with Gasteiger partial charge in [-0.1, -0.05) is 51.2 Å². The van der Waals surface area contributed by atoms with Crippen LogP contribution in [-0.2, 0) is 22.5 Å². The van der Waals surface area contributed by atoms with Crippen LogP contribution in [0.2, 0.25) is 0 Å². The predicted octanol–water partition coefficient (Wildman–Crippen LogP) is 3.88. The first kappa shape index (κ1) is 24.0. The fraction of sp³-hybridized carbons (Fsp3) is 0.538. The molecule has 1 N–H and O–H groups in total. The van der Waals surface area contributed by atoms with Crippen LogP contribution in [0, 0.1) is 0 Å². The fourth-order valence-electron chi connectivity index (χ4n) is 5.05. The molecule has 1 saturated carbocycles. The van der Waals surface area contributed by atoms with Crippen LogP contribution in [0.4, 0.5) is 5.69 Å². The Kier molecular flexibility index (Phi) is 7.05. The van der Waals surface area contributed by atoms with E-state index in [2.05, 4.69) is 17.3 Å². The highest BCUT2D eigenvalue weighted by Gasteiger charge is 2.49. The molecule has 2 aromatic rings. The maximum atomic E-state index is 13.8. The van der Waals surface area contributed by atoms with E-state index in [4.69, 9.17) is 4.74 Å². The number of aryl methyl sites for hydroxylation is 1. The lowest BCUT2D eigenvalue weighted by atomic mass is 9.91. The first-order valence-corrected chi connectivity index (χ1v) is 12.3. The molecule has 0 unspecified atom stereocenters. The zero-order chi connectivity index (χ0) is 24.3. The lowest BCUT2D eigenvalue weighted by molar-refractivity contribution is -0.127. The number of nitrogens with one attached hydrogen (secondary N) is 1. The number of carbonyl (C=O) groups excluding carboxylic acids is 3. The minimum Gasteiger partial charge on any atom is -0.464 e. The average molecular weight is 467 g/mol. The van der Waals surface area contributed by atoms with Gasteiger partial charge in [-0.25, -0.2) is 4.79 Å². The number of hydrogen-bond donors (Lipinski definition) is 1. The Morgan fingerprint density at radius 1 is 1.15 bits per heavy atom. The second-order valence-corrected chi connectivity index (χ2v) is 9.52. The third-order valence-corrected chi connectivity index (χ3v) is 7.05. The molecule has 0 saturated heterocycles. The molecule has 34 heavy (non-hydrogen) atoms. The van der Waals surface area contributed by atoms with Crippen molar-refractivity contribution in [1.82, 2.24) is 15.1 Å². The molecule has 0 bridgehead atoms. The number of hydrogen-bond acceptors (Lipinski definition) is 5. The van der Waals surface area contributed by atoms with Gasteiger partial charge < -0.3 is 10.1 Å². The summed E-state index contributed by atoms with van der Waals surface area (Å²) in [5.41, 5.74) is 0.837. The molecule has 0 spiro atoms. The summed E-state index contributed by atoms with van der Waals surface area (Å²) >= 11 is 0. The van der Waals surface area contributed by atoms with E-state index in [0.717, 1.165) is 37.7 Å². The predicted molar refractivity (Wildman–Crippen MR) is 129 cm³/mol. The van der Waals surface area contributed by atoms with Gasteiger partial charge in [0.2, 0.25) is 5.91 Å². The molecule has 1 atom stereocenters. The van der Waals surface area contributed by atoms with E-state index in [1.807, 2.05) is 24.3 Å². The van der Waals surface area contributed by atoms with Crippen LogP contribution in [0.5, 0.6) is 0 Å². The Labute approximate surface area is 200 Å². The molecular weight excluding hydrogens is 432 g/mol. The number of anilines is 1. The van der Waals surface area contributed by atoms with Crippen molar-refractivity contribution in [3.63, 3.8) is 0 Å².